The van der Waals surface area contributed by atoms with Crippen LogP contribution in [0.1, 0.15) is 23.7 Å². The van der Waals surface area contributed by atoms with Crippen molar-refractivity contribution in [1.29, 1.82) is 0 Å². The lowest BCUT2D eigenvalue weighted by atomic mass is 10.2. The van der Waals surface area contributed by atoms with Crippen LogP contribution in [0.25, 0.3) is 0 Å². The predicted molar refractivity (Wildman–Crippen MR) is 71.2 cm³/mol. The summed E-state index contributed by atoms with van der Waals surface area (Å²) in [5, 5.41) is 0. The molecule has 0 spiro atoms. The SMILES string of the molecule is CCCN(C)C(=O)c1cc(N)cc(S(C)(=O)=O)c1. The highest BCUT2D eigenvalue weighted by atomic mass is 32.2. The van der Waals surface area contributed by atoms with E-state index in [-0.39, 0.29) is 16.5 Å². The van der Waals surface area contributed by atoms with Crippen LogP contribution >= 0.6 is 0 Å². The molecular formula is C12H18N2O3S. The van der Waals surface area contributed by atoms with Crippen LogP contribution in [0.2, 0.25) is 0 Å². The van der Waals surface area contributed by atoms with Crippen LogP contribution in [0.4, 0.5) is 5.69 Å². The molecule has 5 nitrogen and oxygen atoms in total. The zero-order valence-corrected chi connectivity index (χ0v) is 11.6. The Morgan fingerprint density at radius 1 is 1.33 bits per heavy atom. The van der Waals surface area contributed by atoms with Crippen LogP contribution < -0.4 is 5.73 Å². The zero-order valence-electron chi connectivity index (χ0n) is 10.8. The molecule has 1 aromatic carbocycles. The van der Waals surface area contributed by atoms with E-state index in [9.17, 15) is 13.2 Å². The first-order valence-electron chi connectivity index (χ1n) is 5.61. The Morgan fingerprint density at radius 2 is 1.94 bits per heavy atom. The third-order valence-corrected chi connectivity index (χ3v) is 3.60. The van der Waals surface area contributed by atoms with Crippen molar-refractivity contribution in [2.75, 3.05) is 25.6 Å². The molecule has 0 unspecified atom stereocenters. The number of nitrogens with two attached hydrogens (primary N) is 1. The molecular weight excluding hydrogens is 252 g/mol. The molecule has 1 rings (SSSR count). The normalized spacial score (nSPS) is 11.3. The number of hydrogen-bond acceptors (Lipinski definition) is 4. The second-order valence-electron chi connectivity index (χ2n) is 4.29. The predicted octanol–water partition coefficient (Wildman–Crippen LogP) is 1.15. The number of nitrogens with zero attached hydrogens (tertiary/aromatic N) is 1. The molecule has 6 heteroatoms. The molecule has 0 aliphatic carbocycles. The Labute approximate surface area is 108 Å². The number of sulfone groups is 1. The Kier molecular flexibility index (Phi) is 4.34. The summed E-state index contributed by atoms with van der Waals surface area (Å²) in [6, 6.07) is 4.20. The molecule has 1 aromatic rings. The van der Waals surface area contributed by atoms with Crippen LogP contribution in [0.15, 0.2) is 23.1 Å². The first-order valence-corrected chi connectivity index (χ1v) is 7.51. The van der Waals surface area contributed by atoms with Gasteiger partial charge in [0.05, 0.1) is 4.90 Å². The zero-order chi connectivity index (χ0) is 13.9. The van der Waals surface area contributed by atoms with E-state index in [4.69, 9.17) is 5.73 Å². The minimum absolute atomic E-state index is 0.0655. The summed E-state index contributed by atoms with van der Waals surface area (Å²) >= 11 is 0. The molecule has 0 aliphatic rings. The third-order valence-electron chi connectivity index (χ3n) is 2.51. The van der Waals surface area contributed by atoms with Gasteiger partial charge in [0, 0.05) is 31.1 Å². The van der Waals surface area contributed by atoms with Crippen molar-refractivity contribution in [3.8, 4) is 0 Å². The first kappa shape index (κ1) is 14.5. The van der Waals surface area contributed by atoms with Gasteiger partial charge in [-0.15, -0.1) is 0 Å². The lowest BCUT2D eigenvalue weighted by molar-refractivity contribution is 0.0795. The number of carbonyl (C=O) groups excluding carboxylic acids is 1. The molecule has 1 amide bonds. The second-order valence-corrected chi connectivity index (χ2v) is 6.31. The summed E-state index contributed by atoms with van der Waals surface area (Å²) in [7, 11) is -1.69. The topological polar surface area (TPSA) is 80.5 Å². The number of amides is 1. The highest BCUT2D eigenvalue weighted by Crippen LogP contribution is 2.18. The molecule has 0 saturated heterocycles. The van der Waals surface area contributed by atoms with E-state index in [2.05, 4.69) is 0 Å². The number of rotatable bonds is 4. The first-order chi connectivity index (χ1) is 8.25. The van der Waals surface area contributed by atoms with Crippen molar-refractivity contribution in [3.05, 3.63) is 23.8 Å². The Bertz CT molecular complexity index is 552. The van der Waals surface area contributed by atoms with Crippen molar-refractivity contribution in [3.63, 3.8) is 0 Å². The highest BCUT2D eigenvalue weighted by Gasteiger charge is 2.15. The molecule has 0 fully saturated rings. The lowest BCUT2D eigenvalue weighted by Gasteiger charge is -2.16. The fourth-order valence-electron chi connectivity index (χ4n) is 1.62. The van der Waals surface area contributed by atoms with E-state index in [0.29, 0.717) is 12.1 Å². The Balaban J connectivity index is 3.19. The van der Waals surface area contributed by atoms with Gasteiger partial charge in [0.15, 0.2) is 9.84 Å². The molecule has 0 atom stereocenters. The maximum absolute atomic E-state index is 12.0. The molecule has 0 heterocycles. The minimum atomic E-state index is -3.37. The van der Waals surface area contributed by atoms with Gasteiger partial charge in [-0.05, 0) is 24.6 Å². The number of anilines is 1. The molecule has 0 saturated carbocycles. The van der Waals surface area contributed by atoms with Crippen molar-refractivity contribution in [2.24, 2.45) is 0 Å². The van der Waals surface area contributed by atoms with Gasteiger partial charge in [-0.25, -0.2) is 8.42 Å². The third kappa shape index (κ3) is 3.46. The summed E-state index contributed by atoms with van der Waals surface area (Å²) in [6.07, 6.45) is 1.93. The van der Waals surface area contributed by atoms with E-state index < -0.39 is 9.84 Å². The summed E-state index contributed by atoms with van der Waals surface area (Å²) in [5.74, 6) is -0.228. The monoisotopic (exact) mass is 270 g/mol. The van der Waals surface area contributed by atoms with Crippen LogP contribution in [-0.2, 0) is 9.84 Å². The van der Waals surface area contributed by atoms with Crippen molar-refractivity contribution in [2.45, 2.75) is 18.2 Å². The quantitative estimate of drug-likeness (QED) is 0.832. The van der Waals surface area contributed by atoms with Gasteiger partial charge in [0.25, 0.3) is 5.91 Å². The molecule has 0 bridgehead atoms. The average molecular weight is 270 g/mol. The Hall–Kier alpha value is -1.56. The number of carbonyl (C=O) groups is 1. The van der Waals surface area contributed by atoms with E-state index >= 15 is 0 Å². The highest BCUT2D eigenvalue weighted by molar-refractivity contribution is 7.90. The largest absolute Gasteiger partial charge is 0.399 e. The van der Waals surface area contributed by atoms with E-state index in [1.165, 1.54) is 18.2 Å². The lowest BCUT2D eigenvalue weighted by Crippen LogP contribution is -2.27. The minimum Gasteiger partial charge on any atom is -0.399 e. The van der Waals surface area contributed by atoms with Crippen LogP contribution in [0, 0.1) is 0 Å². The average Bonchev–Trinajstić information content (AvgIpc) is 2.26. The molecule has 0 aliphatic heterocycles. The van der Waals surface area contributed by atoms with Crippen LogP contribution in [0.5, 0.6) is 0 Å². The van der Waals surface area contributed by atoms with Gasteiger partial charge in [-0.1, -0.05) is 6.92 Å². The summed E-state index contributed by atoms with van der Waals surface area (Å²) in [5.41, 5.74) is 6.20. The Morgan fingerprint density at radius 3 is 2.44 bits per heavy atom. The van der Waals surface area contributed by atoms with E-state index in [1.54, 1.807) is 11.9 Å². The van der Waals surface area contributed by atoms with Gasteiger partial charge >= 0.3 is 0 Å². The van der Waals surface area contributed by atoms with Gasteiger partial charge < -0.3 is 10.6 Å². The van der Waals surface area contributed by atoms with Gasteiger partial charge in [-0.2, -0.15) is 0 Å². The summed E-state index contributed by atoms with van der Waals surface area (Å²) in [4.78, 5) is 13.6. The van der Waals surface area contributed by atoms with Crippen molar-refractivity contribution >= 4 is 21.4 Å². The summed E-state index contributed by atoms with van der Waals surface area (Å²) < 4.78 is 23.0. The van der Waals surface area contributed by atoms with Gasteiger partial charge in [-0.3, -0.25) is 4.79 Å². The molecule has 2 N–H and O–H groups in total. The van der Waals surface area contributed by atoms with Gasteiger partial charge in [0.1, 0.15) is 0 Å². The van der Waals surface area contributed by atoms with Crippen molar-refractivity contribution in [1.82, 2.24) is 4.90 Å². The van der Waals surface area contributed by atoms with E-state index in [0.717, 1.165) is 12.7 Å². The molecule has 100 valence electrons. The number of nitrogen functional groups attached to an aromatic ring is 1. The number of hydrogen-bond donors (Lipinski definition) is 1. The fraction of sp³-hybridized carbons (Fsp3) is 0.417. The molecule has 18 heavy (non-hydrogen) atoms. The number of benzene rings is 1. The second kappa shape index (κ2) is 5.39. The standard InChI is InChI=1S/C12H18N2O3S/c1-4-5-14(2)12(15)9-6-10(13)8-11(7-9)18(3,16)17/h6-8H,4-5,13H2,1-3H3. The smallest absolute Gasteiger partial charge is 0.253 e. The van der Waals surface area contributed by atoms with Crippen LogP contribution in [0.3, 0.4) is 0 Å². The van der Waals surface area contributed by atoms with Crippen molar-refractivity contribution < 1.29 is 13.2 Å². The molecule has 0 radical (unpaired) electrons. The summed E-state index contributed by atoms with van der Waals surface area (Å²) in [6.45, 7) is 2.58. The van der Waals surface area contributed by atoms with Gasteiger partial charge in [0.2, 0.25) is 0 Å². The van der Waals surface area contributed by atoms with E-state index in [1.807, 2.05) is 6.92 Å². The maximum Gasteiger partial charge on any atom is 0.253 e. The van der Waals surface area contributed by atoms with Crippen LogP contribution in [-0.4, -0.2) is 39.1 Å². The fourth-order valence-corrected chi connectivity index (χ4v) is 2.31. The molecule has 0 aromatic heterocycles. The maximum atomic E-state index is 12.0.